The first-order chi connectivity index (χ1) is 13.6. The SMILES string of the molecule is COc1ccc(NNC(=O)c2nc(C(N)=O)cc3c2[nH]c2ccccc23)cc1. The molecule has 8 heteroatoms. The predicted octanol–water partition coefficient (Wildman–Crippen LogP) is 2.58. The summed E-state index contributed by atoms with van der Waals surface area (Å²) >= 11 is 0. The van der Waals surface area contributed by atoms with Crippen molar-refractivity contribution < 1.29 is 14.3 Å². The van der Waals surface area contributed by atoms with Crippen LogP contribution in [-0.2, 0) is 0 Å². The van der Waals surface area contributed by atoms with Gasteiger partial charge in [0.15, 0.2) is 5.69 Å². The van der Waals surface area contributed by atoms with Crippen LogP contribution in [-0.4, -0.2) is 28.9 Å². The molecule has 0 spiro atoms. The molecule has 0 unspecified atom stereocenters. The Morgan fingerprint density at radius 3 is 2.54 bits per heavy atom. The number of hydrogen-bond acceptors (Lipinski definition) is 5. The minimum absolute atomic E-state index is 0.0202. The third-order valence-electron chi connectivity index (χ3n) is 4.37. The number of ether oxygens (including phenoxy) is 1. The molecule has 0 saturated heterocycles. The first-order valence-corrected chi connectivity index (χ1v) is 8.48. The lowest BCUT2D eigenvalue weighted by molar-refractivity contribution is 0.0959. The molecule has 2 aromatic heterocycles. The van der Waals surface area contributed by atoms with Crippen LogP contribution in [0, 0.1) is 0 Å². The Morgan fingerprint density at radius 1 is 1.07 bits per heavy atom. The van der Waals surface area contributed by atoms with E-state index in [0.717, 1.165) is 10.9 Å². The fraction of sp³-hybridized carbons (Fsp3) is 0.0500. The fourth-order valence-electron chi connectivity index (χ4n) is 3.00. The Balaban J connectivity index is 1.71. The van der Waals surface area contributed by atoms with Crippen molar-refractivity contribution in [2.75, 3.05) is 12.5 Å². The van der Waals surface area contributed by atoms with Crippen molar-refractivity contribution in [1.82, 2.24) is 15.4 Å². The summed E-state index contributed by atoms with van der Waals surface area (Å²) in [4.78, 5) is 31.8. The zero-order valence-corrected chi connectivity index (χ0v) is 14.9. The van der Waals surface area contributed by atoms with Crippen molar-refractivity contribution in [1.29, 1.82) is 0 Å². The van der Waals surface area contributed by atoms with Gasteiger partial charge in [-0.05, 0) is 36.4 Å². The average molecular weight is 375 g/mol. The summed E-state index contributed by atoms with van der Waals surface area (Å²) in [6, 6.07) is 16.2. The van der Waals surface area contributed by atoms with Gasteiger partial charge in [-0.2, -0.15) is 0 Å². The van der Waals surface area contributed by atoms with E-state index in [-0.39, 0.29) is 11.4 Å². The average Bonchev–Trinajstić information content (AvgIpc) is 3.10. The molecule has 0 fully saturated rings. The van der Waals surface area contributed by atoms with E-state index in [1.165, 1.54) is 0 Å². The van der Waals surface area contributed by atoms with E-state index in [2.05, 4.69) is 20.8 Å². The number of fused-ring (bicyclic) bond motifs is 3. The number of pyridine rings is 1. The van der Waals surface area contributed by atoms with Crippen molar-refractivity contribution in [3.63, 3.8) is 0 Å². The van der Waals surface area contributed by atoms with Crippen LogP contribution in [0.1, 0.15) is 21.0 Å². The van der Waals surface area contributed by atoms with Crippen molar-refractivity contribution in [2.24, 2.45) is 5.73 Å². The number of hydrogen-bond donors (Lipinski definition) is 4. The molecule has 0 aliphatic heterocycles. The van der Waals surface area contributed by atoms with Crippen LogP contribution in [0.4, 0.5) is 5.69 Å². The summed E-state index contributed by atoms with van der Waals surface area (Å²) in [6.45, 7) is 0. The van der Waals surface area contributed by atoms with E-state index >= 15 is 0 Å². The molecule has 28 heavy (non-hydrogen) atoms. The zero-order valence-electron chi connectivity index (χ0n) is 14.9. The summed E-state index contributed by atoms with van der Waals surface area (Å²) in [6.07, 6.45) is 0. The van der Waals surface area contributed by atoms with Crippen LogP contribution in [0.5, 0.6) is 5.75 Å². The zero-order chi connectivity index (χ0) is 19.7. The molecule has 0 atom stereocenters. The lowest BCUT2D eigenvalue weighted by Crippen LogP contribution is -2.31. The molecule has 2 aromatic carbocycles. The minimum Gasteiger partial charge on any atom is -0.497 e. The van der Waals surface area contributed by atoms with E-state index in [1.807, 2.05) is 24.3 Å². The predicted molar refractivity (Wildman–Crippen MR) is 106 cm³/mol. The molecule has 5 N–H and O–H groups in total. The molecular formula is C20H17N5O3. The second kappa shape index (κ2) is 6.92. The Bertz CT molecular complexity index is 1200. The first-order valence-electron chi connectivity index (χ1n) is 8.48. The van der Waals surface area contributed by atoms with Gasteiger partial charge in [0, 0.05) is 16.3 Å². The number of hydrazine groups is 1. The van der Waals surface area contributed by atoms with E-state index in [0.29, 0.717) is 22.3 Å². The number of nitrogens with two attached hydrogens (primary N) is 1. The first kappa shape index (κ1) is 17.3. The highest BCUT2D eigenvalue weighted by atomic mass is 16.5. The molecule has 0 radical (unpaired) electrons. The van der Waals surface area contributed by atoms with Gasteiger partial charge in [-0.25, -0.2) is 4.98 Å². The van der Waals surface area contributed by atoms with Crippen LogP contribution in [0.15, 0.2) is 54.6 Å². The molecule has 0 aliphatic carbocycles. The molecule has 8 nitrogen and oxygen atoms in total. The number of amides is 2. The van der Waals surface area contributed by atoms with Gasteiger partial charge < -0.3 is 15.5 Å². The molecule has 4 rings (SSSR count). The van der Waals surface area contributed by atoms with Gasteiger partial charge >= 0.3 is 0 Å². The van der Waals surface area contributed by atoms with Crippen molar-refractivity contribution >= 4 is 39.3 Å². The number of anilines is 1. The second-order valence-corrected chi connectivity index (χ2v) is 6.12. The van der Waals surface area contributed by atoms with E-state index in [4.69, 9.17) is 10.5 Å². The van der Waals surface area contributed by atoms with E-state index < -0.39 is 11.8 Å². The standard InChI is InChI=1S/C20H17N5O3/c1-28-12-8-6-11(7-9-12)24-25-20(27)18-17-14(10-16(23-18)19(21)26)13-4-2-3-5-15(13)22-17/h2-10,22,24H,1H3,(H2,21,26)(H,25,27). The van der Waals surface area contributed by atoms with Crippen LogP contribution in [0.2, 0.25) is 0 Å². The van der Waals surface area contributed by atoms with E-state index in [9.17, 15) is 9.59 Å². The van der Waals surface area contributed by atoms with Gasteiger partial charge in [0.25, 0.3) is 11.8 Å². The lowest BCUT2D eigenvalue weighted by Gasteiger charge is -2.10. The monoisotopic (exact) mass is 375 g/mol. The number of benzene rings is 2. The summed E-state index contributed by atoms with van der Waals surface area (Å²) in [5, 5.41) is 1.58. The Morgan fingerprint density at radius 2 is 1.82 bits per heavy atom. The number of methoxy groups -OCH3 is 1. The summed E-state index contributed by atoms with van der Waals surface area (Å²) in [5.41, 5.74) is 12.9. The van der Waals surface area contributed by atoms with Crippen LogP contribution in [0.25, 0.3) is 21.8 Å². The normalized spacial score (nSPS) is 10.8. The van der Waals surface area contributed by atoms with Crippen LogP contribution >= 0.6 is 0 Å². The van der Waals surface area contributed by atoms with Crippen molar-refractivity contribution in [3.8, 4) is 5.75 Å². The number of aromatic amines is 1. The van der Waals surface area contributed by atoms with Gasteiger partial charge in [0.05, 0.1) is 18.3 Å². The topological polar surface area (TPSA) is 122 Å². The number of H-pyrrole nitrogens is 1. The maximum absolute atomic E-state index is 12.8. The number of para-hydroxylation sites is 1. The number of nitrogens with one attached hydrogen (secondary N) is 3. The highest BCUT2D eigenvalue weighted by Gasteiger charge is 2.19. The van der Waals surface area contributed by atoms with E-state index in [1.54, 1.807) is 37.4 Å². The maximum atomic E-state index is 12.8. The third-order valence-corrected chi connectivity index (χ3v) is 4.37. The molecule has 0 bridgehead atoms. The minimum atomic E-state index is -0.704. The van der Waals surface area contributed by atoms with Gasteiger partial charge in [-0.1, -0.05) is 18.2 Å². The van der Waals surface area contributed by atoms with Crippen LogP contribution in [0.3, 0.4) is 0 Å². The fourth-order valence-corrected chi connectivity index (χ4v) is 3.00. The Kier molecular flexibility index (Phi) is 4.29. The molecule has 2 amide bonds. The number of carbonyl (C=O) groups excluding carboxylic acids is 2. The highest BCUT2D eigenvalue weighted by Crippen LogP contribution is 2.27. The number of aromatic nitrogens is 2. The number of rotatable bonds is 5. The van der Waals surface area contributed by atoms with Crippen molar-refractivity contribution in [2.45, 2.75) is 0 Å². The Hall–Kier alpha value is -4.07. The molecule has 4 aromatic rings. The van der Waals surface area contributed by atoms with Gasteiger partial charge in [-0.3, -0.25) is 20.4 Å². The van der Waals surface area contributed by atoms with Gasteiger partial charge in [0.1, 0.15) is 11.4 Å². The number of primary amides is 1. The quantitative estimate of drug-likeness (QED) is 0.399. The third kappa shape index (κ3) is 3.07. The second-order valence-electron chi connectivity index (χ2n) is 6.12. The summed E-state index contributed by atoms with van der Waals surface area (Å²) < 4.78 is 5.10. The summed E-state index contributed by atoms with van der Waals surface area (Å²) in [7, 11) is 1.58. The van der Waals surface area contributed by atoms with Crippen LogP contribution < -0.4 is 21.3 Å². The van der Waals surface area contributed by atoms with Crippen molar-refractivity contribution in [3.05, 3.63) is 66.0 Å². The van der Waals surface area contributed by atoms with Gasteiger partial charge in [0.2, 0.25) is 0 Å². The maximum Gasteiger partial charge on any atom is 0.290 e. The number of carbonyl (C=O) groups is 2. The summed E-state index contributed by atoms with van der Waals surface area (Å²) in [5.74, 6) is -0.507. The molecule has 140 valence electrons. The molecular weight excluding hydrogens is 358 g/mol. The van der Waals surface area contributed by atoms with Gasteiger partial charge in [-0.15, -0.1) is 0 Å². The molecule has 2 heterocycles. The smallest absolute Gasteiger partial charge is 0.290 e. The largest absolute Gasteiger partial charge is 0.497 e. The molecule has 0 saturated carbocycles. The lowest BCUT2D eigenvalue weighted by atomic mass is 10.1. The molecule has 0 aliphatic rings. The Labute approximate surface area is 159 Å². The number of nitrogens with zero attached hydrogens (tertiary/aromatic N) is 1. The highest BCUT2D eigenvalue weighted by molar-refractivity contribution is 6.15.